The largest absolute Gasteiger partial charge is 0.264 e. The summed E-state index contributed by atoms with van der Waals surface area (Å²) < 4.78 is 0. The van der Waals surface area contributed by atoms with Gasteiger partial charge in [0.15, 0.2) is 0 Å². The van der Waals surface area contributed by atoms with Gasteiger partial charge >= 0.3 is 0 Å². The summed E-state index contributed by atoms with van der Waals surface area (Å²) in [6.45, 7) is 3.97. The molecule has 0 saturated heterocycles. The summed E-state index contributed by atoms with van der Waals surface area (Å²) in [5, 5.41) is 10.1. The molecule has 0 fully saturated rings. The lowest BCUT2D eigenvalue weighted by atomic mass is 10.1. The molecule has 2 aromatic heterocycles. The van der Waals surface area contributed by atoms with Gasteiger partial charge in [-0.1, -0.05) is 0 Å². The Morgan fingerprint density at radius 1 is 1.00 bits per heavy atom. The van der Waals surface area contributed by atoms with Crippen LogP contribution in [0.4, 0.5) is 0 Å². The molecule has 12 heavy (non-hydrogen) atoms. The minimum absolute atomic E-state index is 0.934. The molecule has 0 N–H and O–H groups in total. The SMILES string of the molecule is Cc1cncc2c(C)nncc12. The van der Waals surface area contributed by atoms with Crippen molar-refractivity contribution in [3.63, 3.8) is 0 Å². The molecule has 3 nitrogen and oxygen atoms in total. The third-order valence-corrected chi connectivity index (χ3v) is 1.97. The maximum Gasteiger partial charge on any atom is 0.0693 e. The van der Waals surface area contributed by atoms with E-state index in [4.69, 9.17) is 0 Å². The lowest BCUT2D eigenvalue weighted by Crippen LogP contribution is -1.90. The van der Waals surface area contributed by atoms with Gasteiger partial charge in [0.1, 0.15) is 0 Å². The van der Waals surface area contributed by atoms with Gasteiger partial charge in [0.25, 0.3) is 0 Å². The van der Waals surface area contributed by atoms with Crippen LogP contribution in [0.2, 0.25) is 0 Å². The van der Waals surface area contributed by atoms with Crippen molar-refractivity contribution >= 4 is 10.8 Å². The Bertz CT molecular complexity index is 382. The number of hydrogen-bond acceptors (Lipinski definition) is 3. The van der Waals surface area contributed by atoms with Crippen LogP contribution in [-0.4, -0.2) is 15.2 Å². The first kappa shape index (κ1) is 7.16. The van der Waals surface area contributed by atoms with Gasteiger partial charge in [-0.2, -0.15) is 10.2 Å². The molecule has 0 bridgehead atoms. The van der Waals surface area contributed by atoms with Gasteiger partial charge in [-0.15, -0.1) is 0 Å². The molecule has 0 unspecified atom stereocenters. The normalized spacial score (nSPS) is 10.5. The number of pyridine rings is 1. The highest BCUT2D eigenvalue weighted by molar-refractivity contribution is 5.85. The van der Waals surface area contributed by atoms with Crippen LogP contribution in [0, 0.1) is 13.8 Å². The van der Waals surface area contributed by atoms with Gasteiger partial charge in [-0.3, -0.25) is 4.98 Å². The third kappa shape index (κ3) is 0.942. The number of hydrogen-bond donors (Lipinski definition) is 0. The summed E-state index contributed by atoms with van der Waals surface area (Å²) >= 11 is 0. The van der Waals surface area contributed by atoms with Crippen LogP contribution in [0.5, 0.6) is 0 Å². The fourth-order valence-electron chi connectivity index (χ4n) is 1.26. The zero-order valence-electron chi connectivity index (χ0n) is 7.07. The Morgan fingerprint density at radius 2 is 1.83 bits per heavy atom. The van der Waals surface area contributed by atoms with Crippen molar-refractivity contribution in [3.8, 4) is 0 Å². The second kappa shape index (κ2) is 2.52. The summed E-state index contributed by atoms with van der Waals surface area (Å²) in [6.07, 6.45) is 5.44. The van der Waals surface area contributed by atoms with Crippen molar-refractivity contribution in [3.05, 3.63) is 29.8 Å². The van der Waals surface area contributed by atoms with Crippen LogP contribution in [0.15, 0.2) is 18.6 Å². The number of fused-ring (bicyclic) bond motifs is 1. The molecule has 2 aromatic rings. The van der Waals surface area contributed by atoms with Crippen molar-refractivity contribution in [2.75, 3.05) is 0 Å². The Morgan fingerprint density at radius 3 is 2.58 bits per heavy atom. The van der Waals surface area contributed by atoms with Crippen molar-refractivity contribution in [2.45, 2.75) is 13.8 Å². The van der Waals surface area contributed by atoms with Crippen molar-refractivity contribution in [1.82, 2.24) is 15.2 Å². The van der Waals surface area contributed by atoms with Crippen LogP contribution >= 0.6 is 0 Å². The average molecular weight is 159 g/mol. The van der Waals surface area contributed by atoms with Crippen LogP contribution in [-0.2, 0) is 0 Å². The topological polar surface area (TPSA) is 38.7 Å². The summed E-state index contributed by atoms with van der Waals surface area (Å²) in [4.78, 5) is 4.11. The Kier molecular flexibility index (Phi) is 1.50. The molecule has 2 rings (SSSR count). The molecule has 0 spiro atoms. The molecule has 0 aliphatic rings. The number of rotatable bonds is 0. The molecule has 0 aliphatic heterocycles. The molecule has 0 saturated carbocycles. The highest BCUT2D eigenvalue weighted by Gasteiger charge is 2.00. The van der Waals surface area contributed by atoms with Gasteiger partial charge in [-0.05, 0) is 19.4 Å². The third-order valence-electron chi connectivity index (χ3n) is 1.97. The summed E-state index contributed by atoms with van der Waals surface area (Å²) in [7, 11) is 0. The molecule has 3 heteroatoms. The monoisotopic (exact) mass is 159 g/mol. The number of aromatic nitrogens is 3. The molecule has 0 atom stereocenters. The van der Waals surface area contributed by atoms with Crippen molar-refractivity contribution in [2.24, 2.45) is 0 Å². The van der Waals surface area contributed by atoms with E-state index in [2.05, 4.69) is 15.2 Å². The Labute approximate surface area is 70.5 Å². The molecule has 0 amide bonds. The van der Waals surface area contributed by atoms with Crippen LogP contribution in [0.25, 0.3) is 10.8 Å². The fourth-order valence-corrected chi connectivity index (χ4v) is 1.26. The minimum atomic E-state index is 0.934. The van der Waals surface area contributed by atoms with E-state index in [1.165, 1.54) is 0 Å². The van der Waals surface area contributed by atoms with E-state index >= 15 is 0 Å². The Hall–Kier alpha value is -1.51. The first-order valence-corrected chi connectivity index (χ1v) is 3.81. The van der Waals surface area contributed by atoms with E-state index in [0.717, 1.165) is 22.0 Å². The molecule has 0 aromatic carbocycles. The standard InChI is InChI=1S/C9H9N3/c1-6-3-10-4-9-7(2)12-11-5-8(6)9/h3-5H,1-2H3. The van der Waals surface area contributed by atoms with Gasteiger partial charge < -0.3 is 0 Å². The maximum absolute atomic E-state index is 4.11. The van der Waals surface area contributed by atoms with E-state index in [1.54, 1.807) is 6.20 Å². The number of nitrogens with zero attached hydrogens (tertiary/aromatic N) is 3. The molecular formula is C9H9N3. The predicted molar refractivity (Wildman–Crippen MR) is 46.8 cm³/mol. The molecular weight excluding hydrogens is 150 g/mol. The number of aryl methyl sites for hydroxylation is 2. The zero-order valence-corrected chi connectivity index (χ0v) is 7.07. The Balaban J connectivity index is 2.94. The van der Waals surface area contributed by atoms with E-state index in [-0.39, 0.29) is 0 Å². The second-order valence-electron chi connectivity index (χ2n) is 2.85. The van der Waals surface area contributed by atoms with Crippen molar-refractivity contribution in [1.29, 1.82) is 0 Å². The molecule has 60 valence electrons. The van der Waals surface area contributed by atoms with E-state index in [0.29, 0.717) is 0 Å². The van der Waals surface area contributed by atoms with Gasteiger partial charge in [0.05, 0.1) is 11.9 Å². The quantitative estimate of drug-likeness (QED) is 0.586. The summed E-state index contributed by atoms with van der Waals surface area (Å²) in [5.41, 5.74) is 2.08. The summed E-state index contributed by atoms with van der Waals surface area (Å²) in [6, 6.07) is 0. The van der Waals surface area contributed by atoms with E-state index in [9.17, 15) is 0 Å². The van der Waals surface area contributed by atoms with Crippen molar-refractivity contribution < 1.29 is 0 Å². The zero-order chi connectivity index (χ0) is 8.55. The first-order chi connectivity index (χ1) is 5.79. The fraction of sp³-hybridized carbons (Fsp3) is 0.222. The van der Waals surface area contributed by atoms with Gasteiger partial charge in [-0.25, -0.2) is 0 Å². The van der Waals surface area contributed by atoms with Crippen LogP contribution in [0.1, 0.15) is 11.3 Å². The highest BCUT2D eigenvalue weighted by Crippen LogP contribution is 2.16. The lowest BCUT2D eigenvalue weighted by molar-refractivity contribution is 0.998. The lowest BCUT2D eigenvalue weighted by Gasteiger charge is -2.00. The smallest absolute Gasteiger partial charge is 0.0693 e. The molecule has 0 aliphatic carbocycles. The van der Waals surface area contributed by atoms with E-state index < -0.39 is 0 Å². The van der Waals surface area contributed by atoms with E-state index in [1.807, 2.05) is 26.2 Å². The molecule has 2 heterocycles. The van der Waals surface area contributed by atoms with Gasteiger partial charge in [0.2, 0.25) is 0 Å². The minimum Gasteiger partial charge on any atom is -0.264 e. The molecule has 0 radical (unpaired) electrons. The van der Waals surface area contributed by atoms with Crippen LogP contribution < -0.4 is 0 Å². The summed E-state index contributed by atoms with van der Waals surface area (Å²) in [5.74, 6) is 0. The first-order valence-electron chi connectivity index (χ1n) is 3.81. The van der Waals surface area contributed by atoms with Crippen LogP contribution in [0.3, 0.4) is 0 Å². The predicted octanol–water partition coefficient (Wildman–Crippen LogP) is 1.64. The van der Waals surface area contributed by atoms with Gasteiger partial charge in [0, 0.05) is 23.2 Å². The highest BCUT2D eigenvalue weighted by atomic mass is 15.1. The average Bonchev–Trinajstić information content (AvgIpc) is 2.07. The second-order valence-corrected chi connectivity index (χ2v) is 2.85. The maximum atomic E-state index is 4.11.